The molecule has 0 atom stereocenters. The molecule has 1 aliphatic rings. The normalized spacial score (nSPS) is 15.5. The fraction of sp³-hybridized carbons (Fsp3) is 0.500. The quantitative estimate of drug-likeness (QED) is 0.826. The Morgan fingerprint density at radius 3 is 2.39 bits per heavy atom. The monoisotopic (exact) mass is 248 g/mol. The molecule has 0 unspecified atom stereocenters. The van der Waals surface area contributed by atoms with Crippen LogP contribution < -0.4 is 0 Å². The predicted molar refractivity (Wildman–Crippen MR) is 70.4 cm³/mol. The molecule has 1 aliphatic heterocycles. The molecule has 2 amide bonds. The fourth-order valence-electron chi connectivity index (χ4n) is 2.22. The lowest BCUT2D eigenvalue weighted by Crippen LogP contribution is -2.33. The van der Waals surface area contributed by atoms with Gasteiger partial charge in [-0.2, -0.15) is 0 Å². The van der Waals surface area contributed by atoms with Crippen molar-refractivity contribution in [2.75, 3.05) is 32.8 Å². The maximum atomic E-state index is 12.0. The van der Waals surface area contributed by atoms with E-state index in [1.54, 1.807) is 0 Å². The molecule has 4 heteroatoms. The van der Waals surface area contributed by atoms with E-state index >= 15 is 0 Å². The summed E-state index contributed by atoms with van der Waals surface area (Å²) in [5.41, 5.74) is 1.26. The first kappa shape index (κ1) is 12.9. The van der Waals surface area contributed by atoms with Gasteiger partial charge in [-0.25, -0.2) is 4.79 Å². The number of aliphatic hydroxyl groups excluding tert-OH is 1. The van der Waals surface area contributed by atoms with Gasteiger partial charge in [-0.1, -0.05) is 30.3 Å². The van der Waals surface area contributed by atoms with Crippen LogP contribution >= 0.6 is 0 Å². The first-order valence-electron chi connectivity index (χ1n) is 6.50. The summed E-state index contributed by atoms with van der Waals surface area (Å²) < 4.78 is 0. The summed E-state index contributed by atoms with van der Waals surface area (Å²) in [7, 11) is 0. The second-order valence-corrected chi connectivity index (χ2v) is 4.57. The molecular weight excluding hydrogens is 228 g/mol. The maximum absolute atomic E-state index is 12.0. The Hall–Kier alpha value is -1.55. The second kappa shape index (κ2) is 6.40. The molecule has 0 aromatic heterocycles. The molecule has 0 saturated carbocycles. The van der Waals surface area contributed by atoms with E-state index in [0.717, 1.165) is 26.1 Å². The van der Waals surface area contributed by atoms with E-state index in [-0.39, 0.29) is 12.6 Å². The molecule has 1 heterocycles. The zero-order chi connectivity index (χ0) is 12.8. The maximum Gasteiger partial charge on any atom is 0.320 e. The summed E-state index contributed by atoms with van der Waals surface area (Å²) in [6.07, 6.45) is 1.57. The lowest BCUT2D eigenvalue weighted by Gasteiger charge is -2.18. The summed E-state index contributed by atoms with van der Waals surface area (Å²) in [6, 6.07) is 10.3. The molecule has 1 fully saturated rings. The Balaban J connectivity index is 1.79. The van der Waals surface area contributed by atoms with E-state index in [2.05, 4.69) is 12.1 Å². The number of hydrogen-bond donors (Lipinski definition) is 1. The van der Waals surface area contributed by atoms with Gasteiger partial charge in [0, 0.05) is 32.8 Å². The Morgan fingerprint density at radius 2 is 1.72 bits per heavy atom. The zero-order valence-corrected chi connectivity index (χ0v) is 10.6. The predicted octanol–water partition coefficient (Wildman–Crippen LogP) is 1.35. The van der Waals surface area contributed by atoms with Gasteiger partial charge in [-0.15, -0.1) is 0 Å². The van der Waals surface area contributed by atoms with Crippen LogP contribution in [0.4, 0.5) is 4.79 Å². The average Bonchev–Trinajstić information content (AvgIpc) is 2.76. The first-order chi connectivity index (χ1) is 8.81. The van der Waals surface area contributed by atoms with Gasteiger partial charge in [-0.05, 0) is 18.4 Å². The van der Waals surface area contributed by atoms with Crippen LogP contribution in [0.3, 0.4) is 0 Å². The van der Waals surface area contributed by atoms with Crippen LogP contribution in [0, 0.1) is 0 Å². The molecule has 1 aromatic rings. The van der Waals surface area contributed by atoms with Gasteiger partial charge in [0.1, 0.15) is 0 Å². The lowest BCUT2D eigenvalue weighted by atomic mass is 10.1. The summed E-state index contributed by atoms with van der Waals surface area (Å²) in [5.74, 6) is 0. The van der Waals surface area contributed by atoms with Gasteiger partial charge in [0.25, 0.3) is 0 Å². The van der Waals surface area contributed by atoms with Gasteiger partial charge >= 0.3 is 6.03 Å². The Labute approximate surface area is 108 Å². The van der Waals surface area contributed by atoms with Crippen LogP contribution in [0.2, 0.25) is 0 Å². The van der Waals surface area contributed by atoms with Crippen LogP contribution in [-0.2, 0) is 6.42 Å². The molecule has 1 aromatic carbocycles. The fourth-order valence-corrected chi connectivity index (χ4v) is 2.22. The number of carbonyl (C=O) groups is 1. The Kier molecular flexibility index (Phi) is 4.59. The highest BCUT2D eigenvalue weighted by atomic mass is 16.3. The van der Waals surface area contributed by atoms with Crippen molar-refractivity contribution >= 4 is 6.03 Å². The summed E-state index contributed by atoms with van der Waals surface area (Å²) >= 11 is 0. The van der Waals surface area contributed by atoms with Crippen molar-refractivity contribution in [2.24, 2.45) is 0 Å². The van der Waals surface area contributed by atoms with E-state index in [1.807, 2.05) is 28.0 Å². The molecule has 1 N–H and O–H groups in total. The highest BCUT2D eigenvalue weighted by molar-refractivity contribution is 5.76. The highest BCUT2D eigenvalue weighted by Crippen LogP contribution is 2.10. The third-order valence-electron chi connectivity index (χ3n) is 3.28. The Morgan fingerprint density at radius 1 is 1.06 bits per heavy atom. The molecule has 2 rings (SSSR count). The molecule has 0 radical (unpaired) electrons. The minimum atomic E-state index is 0.111. The average molecular weight is 248 g/mol. The number of aliphatic hydroxyl groups is 1. The van der Waals surface area contributed by atoms with Crippen molar-refractivity contribution in [1.82, 2.24) is 9.80 Å². The van der Waals surface area contributed by atoms with E-state index in [9.17, 15) is 4.79 Å². The van der Waals surface area contributed by atoms with Crippen LogP contribution in [0.1, 0.15) is 12.0 Å². The topological polar surface area (TPSA) is 43.8 Å². The number of nitrogens with zero attached hydrogens (tertiary/aromatic N) is 2. The van der Waals surface area contributed by atoms with Crippen LogP contribution in [0.15, 0.2) is 30.3 Å². The Bertz CT molecular complexity index is 381. The summed E-state index contributed by atoms with van der Waals surface area (Å²) in [5, 5.41) is 8.78. The number of rotatable bonds is 6. The summed E-state index contributed by atoms with van der Waals surface area (Å²) in [4.78, 5) is 15.7. The highest BCUT2D eigenvalue weighted by Gasteiger charge is 2.27. The molecule has 0 bridgehead atoms. The SMILES string of the molecule is O=C1N(CCCO)CCN1CCc1ccccc1. The minimum absolute atomic E-state index is 0.111. The van der Waals surface area contributed by atoms with Gasteiger partial charge in [0.15, 0.2) is 0 Å². The van der Waals surface area contributed by atoms with Crippen LogP contribution in [0.5, 0.6) is 0 Å². The van der Waals surface area contributed by atoms with Crippen molar-refractivity contribution in [3.8, 4) is 0 Å². The van der Waals surface area contributed by atoms with Crippen molar-refractivity contribution in [3.05, 3.63) is 35.9 Å². The van der Waals surface area contributed by atoms with E-state index in [4.69, 9.17) is 5.11 Å². The third-order valence-corrected chi connectivity index (χ3v) is 3.28. The van der Waals surface area contributed by atoms with Gasteiger partial charge in [0.2, 0.25) is 0 Å². The number of hydrogen-bond acceptors (Lipinski definition) is 2. The minimum Gasteiger partial charge on any atom is -0.396 e. The number of carbonyl (C=O) groups excluding carboxylic acids is 1. The largest absolute Gasteiger partial charge is 0.396 e. The number of benzene rings is 1. The standard InChI is InChI=1S/C14H20N2O2/c17-12-4-8-15-10-11-16(14(15)18)9-7-13-5-2-1-3-6-13/h1-3,5-6,17H,4,7-12H2. The first-order valence-corrected chi connectivity index (χ1v) is 6.50. The summed E-state index contributed by atoms with van der Waals surface area (Å²) in [6.45, 7) is 3.17. The molecule has 98 valence electrons. The van der Waals surface area contributed by atoms with Crippen LogP contribution in [0.25, 0.3) is 0 Å². The van der Waals surface area contributed by atoms with Crippen molar-refractivity contribution in [2.45, 2.75) is 12.8 Å². The lowest BCUT2D eigenvalue weighted by molar-refractivity contribution is 0.187. The zero-order valence-electron chi connectivity index (χ0n) is 10.6. The number of amides is 2. The molecule has 0 aliphatic carbocycles. The van der Waals surface area contributed by atoms with Crippen molar-refractivity contribution < 1.29 is 9.90 Å². The van der Waals surface area contributed by atoms with Crippen LogP contribution in [-0.4, -0.2) is 53.7 Å². The number of urea groups is 1. The van der Waals surface area contributed by atoms with Gasteiger partial charge in [0.05, 0.1) is 0 Å². The second-order valence-electron chi connectivity index (χ2n) is 4.57. The van der Waals surface area contributed by atoms with E-state index < -0.39 is 0 Å². The smallest absolute Gasteiger partial charge is 0.320 e. The van der Waals surface area contributed by atoms with Gasteiger partial charge in [-0.3, -0.25) is 0 Å². The van der Waals surface area contributed by atoms with E-state index in [0.29, 0.717) is 13.0 Å². The van der Waals surface area contributed by atoms with E-state index in [1.165, 1.54) is 5.56 Å². The molecule has 0 spiro atoms. The third kappa shape index (κ3) is 3.23. The molecule has 18 heavy (non-hydrogen) atoms. The molecule has 4 nitrogen and oxygen atoms in total. The molecule has 1 saturated heterocycles. The van der Waals surface area contributed by atoms with Crippen molar-refractivity contribution in [3.63, 3.8) is 0 Å². The van der Waals surface area contributed by atoms with Crippen molar-refractivity contribution in [1.29, 1.82) is 0 Å². The molecular formula is C14H20N2O2. The van der Waals surface area contributed by atoms with Gasteiger partial charge < -0.3 is 14.9 Å².